The molecule has 1 aliphatic heterocycles. The number of nitrogens with one attached hydrogen (secondary N) is 1. The van der Waals surface area contributed by atoms with Crippen LogP contribution < -0.4 is 14.4 Å². The van der Waals surface area contributed by atoms with Crippen molar-refractivity contribution in [2.24, 2.45) is 0 Å². The van der Waals surface area contributed by atoms with Crippen LogP contribution in [0.5, 0.6) is 5.75 Å². The van der Waals surface area contributed by atoms with Gasteiger partial charge in [0, 0.05) is 25.3 Å². The first-order valence-corrected chi connectivity index (χ1v) is 9.31. The van der Waals surface area contributed by atoms with E-state index in [1.54, 1.807) is 18.3 Å². The third-order valence-corrected chi connectivity index (χ3v) is 5.63. The van der Waals surface area contributed by atoms with Crippen molar-refractivity contribution in [2.75, 3.05) is 25.1 Å². The van der Waals surface area contributed by atoms with Gasteiger partial charge in [-0.15, -0.1) is 0 Å². The molecule has 6 nitrogen and oxygen atoms in total. The molecule has 1 fully saturated rings. The molecule has 1 aliphatic rings. The summed E-state index contributed by atoms with van der Waals surface area (Å²) in [5, 5.41) is 0. The minimum Gasteiger partial charge on any atom is -0.495 e. The summed E-state index contributed by atoms with van der Waals surface area (Å²) in [5.74, 6) is 1.22. The van der Waals surface area contributed by atoms with E-state index in [-0.39, 0.29) is 10.9 Å². The van der Waals surface area contributed by atoms with Gasteiger partial charge in [-0.2, -0.15) is 0 Å². The number of hydrogen-bond donors (Lipinski definition) is 1. The SMILES string of the molecule is COc1ccc(C)cc1S(=O)(=O)NC1CCN(c2ccccn2)C1. The summed E-state index contributed by atoms with van der Waals surface area (Å²) < 4.78 is 33.5. The zero-order chi connectivity index (χ0) is 17.2. The molecular formula is C17H21N3O3S. The average Bonchev–Trinajstić information content (AvgIpc) is 3.03. The van der Waals surface area contributed by atoms with E-state index in [2.05, 4.69) is 14.6 Å². The predicted molar refractivity (Wildman–Crippen MR) is 92.9 cm³/mol. The Kier molecular flexibility index (Phi) is 4.73. The van der Waals surface area contributed by atoms with Crippen molar-refractivity contribution in [1.29, 1.82) is 0 Å². The minimum absolute atomic E-state index is 0.151. The molecule has 2 heterocycles. The van der Waals surface area contributed by atoms with E-state index in [4.69, 9.17) is 4.74 Å². The quantitative estimate of drug-likeness (QED) is 0.895. The highest BCUT2D eigenvalue weighted by Crippen LogP contribution is 2.26. The zero-order valence-corrected chi connectivity index (χ0v) is 14.6. The third kappa shape index (κ3) is 3.52. The number of rotatable bonds is 5. The predicted octanol–water partition coefficient (Wildman–Crippen LogP) is 1.96. The lowest BCUT2D eigenvalue weighted by atomic mass is 10.2. The van der Waals surface area contributed by atoms with Crippen LogP contribution in [0.2, 0.25) is 0 Å². The number of pyridine rings is 1. The summed E-state index contributed by atoms with van der Waals surface area (Å²) >= 11 is 0. The third-order valence-electron chi connectivity index (χ3n) is 4.09. The first-order valence-electron chi connectivity index (χ1n) is 7.82. The topological polar surface area (TPSA) is 71.5 Å². The van der Waals surface area contributed by atoms with Crippen LogP contribution in [0.25, 0.3) is 0 Å². The number of anilines is 1. The number of hydrogen-bond acceptors (Lipinski definition) is 5. The Balaban J connectivity index is 1.75. The molecule has 2 aromatic rings. The van der Waals surface area contributed by atoms with E-state index < -0.39 is 10.0 Å². The van der Waals surface area contributed by atoms with Crippen LogP contribution in [-0.2, 0) is 10.0 Å². The first-order chi connectivity index (χ1) is 11.5. The molecular weight excluding hydrogens is 326 g/mol. The summed E-state index contributed by atoms with van der Waals surface area (Å²) in [6.07, 6.45) is 2.48. The zero-order valence-electron chi connectivity index (χ0n) is 13.8. The highest BCUT2D eigenvalue weighted by atomic mass is 32.2. The molecule has 1 atom stereocenters. The van der Waals surface area contributed by atoms with Crippen molar-refractivity contribution in [2.45, 2.75) is 24.3 Å². The highest BCUT2D eigenvalue weighted by molar-refractivity contribution is 7.89. The average molecular weight is 347 g/mol. The molecule has 7 heteroatoms. The fourth-order valence-corrected chi connectivity index (χ4v) is 4.40. The fourth-order valence-electron chi connectivity index (χ4n) is 2.88. The van der Waals surface area contributed by atoms with Gasteiger partial charge in [-0.1, -0.05) is 12.1 Å². The Hall–Kier alpha value is -2.12. The maximum Gasteiger partial charge on any atom is 0.244 e. The standard InChI is InChI=1S/C17H21N3O3S/c1-13-6-7-15(23-2)16(11-13)24(21,22)19-14-8-10-20(12-14)17-5-3-4-9-18-17/h3-7,9,11,14,19H,8,10,12H2,1-2H3. The lowest BCUT2D eigenvalue weighted by molar-refractivity contribution is 0.402. The molecule has 1 unspecified atom stereocenters. The largest absolute Gasteiger partial charge is 0.495 e. The Labute approximate surface area is 142 Å². The van der Waals surface area contributed by atoms with E-state index in [1.165, 1.54) is 7.11 Å². The number of aryl methyl sites for hydroxylation is 1. The number of ether oxygens (including phenoxy) is 1. The van der Waals surface area contributed by atoms with Gasteiger partial charge in [-0.3, -0.25) is 0 Å². The van der Waals surface area contributed by atoms with Crippen LogP contribution in [0.3, 0.4) is 0 Å². The summed E-state index contributed by atoms with van der Waals surface area (Å²) in [6.45, 7) is 3.23. The van der Waals surface area contributed by atoms with Crippen molar-refractivity contribution in [3.8, 4) is 5.75 Å². The second-order valence-electron chi connectivity index (χ2n) is 5.90. The molecule has 1 aromatic carbocycles. The number of nitrogens with zero attached hydrogens (tertiary/aromatic N) is 2. The van der Waals surface area contributed by atoms with Crippen LogP contribution in [-0.4, -0.2) is 39.6 Å². The lowest BCUT2D eigenvalue weighted by Gasteiger charge is -2.18. The maximum absolute atomic E-state index is 12.7. The molecule has 0 aliphatic carbocycles. The fraction of sp³-hybridized carbons (Fsp3) is 0.353. The molecule has 0 saturated carbocycles. The van der Waals surface area contributed by atoms with Gasteiger partial charge in [-0.05, 0) is 43.2 Å². The van der Waals surface area contributed by atoms with E-state index in [0.29, 0.717) is 12.3 Å². The molecule has 128 valence electrons. The summed E-state index contributed by atoms with van der Waals surface area (Å²) in [6, 6.07) is 10.7. The van der Waals surface area contributed by atoms with Crippen LogP contribution in [0.15, 0.2) is 47.5 Å². The van der Waals surface area contributed by atoms with Gasteiger partial charge in [0.15, 0.2) is 0 Å². The highest BCUT2D eigenvalue weighted by Gasteiger charge is 2.29. The van der Waals surface area contributed by atoms with Crippen molar-refractivity contribution < 1.29 is 13.2 Å². The number of aromatic nitrogens is 1. The first kappa shape index (κ1) is 16.7. The van der Waals surface area contributed by atoms with E-state index >= 15 is 0 Å². The van der Waals surface area contributed by atoms with Gasteiger partial charge in [0.25, 0.3) is 0 Å². The van der Waals surface area contributed by atoms with Crippen molar-refractivity contribution in [3.63, 3.8) is 0 Å². The molecule has 1 saturated heterocycles. The van der Waals surface area contributed by atoms with Gasteiger partial charge in [0.2, 0.25) is 10.0 Å². The van der Waals surface area contributed by atoms with E-state index in [0.717, 1.165) is 24.3 Å². The van der Waals surface area contributed by atoms with Crippen LogP contribution >= 0.6 is 0 Å². The van der Waals surface area contributed by atoms with Gasteiger partial charge < -0.3 is 9.64 Å². The molecule has 0 radical (unpaired) electrons. The Morgan fingerprint density at radius 2 is 2.12 bits per heavy atom. The van der Waals surface area contributed by atoms with E-state index in [9.17, 15) is 8.42 Å². The molecule has 0 bridgehead atoms. The Morgan fingerprint density at radius 3 is 2.83 bits per heavy atom. The molecule has 0 spiro atoms. The van der Waals surface area contributed by atoms with Gasteiger partial charge >= 0.3 is 0 Å². The summed E-state index contributed by atoms with van der Waals surface area (Å²) in [4.78, 5) is 6.58. The summed E-state index contributed by atoms with van der Waals surface area (Å²) in [7, 11) is -2.16. The monoisotopic (exact) mass is 347 g/mol. The lowest BCUT2D eigenvalue weighted by Crippen LogP contribution is -2.37. The van der Waals surface area contributed by atoms with Gasteiger partial charge in [-0.25, -0.2) is 18.1 Å². The van der Waals surface area contributed by atoms with Crippen LogP contribution in [0.4, 0.5) is 5.82 Å². The summed E-state index contributed by atoms with van der Waals surface area (Å²) in [5.41, 5.74) is 0.873. The smallest absolute Gasteiger partial charge is 0.244 e. The molecule has 1 N–H and O–H groups in total. The molecule has 1 aromatic heterocycles. The number of sulfonamides is 1. The van der Waals surface area contributed by atoms with E-state index in [1.807, 2.05) is 31.2 Å². The number of benzene rings is 1. The number of methoxy groups -OCH3 is 1. The van der Waals surface area contributed by atoms with Gasteiger partial charge in [0.1, 0.15) is 16.5 Å². The second kappa shape index (κ2) is 6.78. The van der Waals surface area contributed by atoms with Crippen molar-refractivity contribution in [1.82, 2.24) is 9.71 Å². The van der Waals surface area contributed by atoms with Crippen molar-refractivity contribution in [3.05, 3.63) is 48.2 Å². The normalized spacial score (nSPS) is 17.9. The molecule has 0 amide bonds. The molecule has 24 heavy (non-hydrogen) atoms. The van der Waals surface area contributed by atoms with Crippen molar-refractivity contribution >= 4 is 15.8 Å². The maximum atomic E-state index is 12.7. The van der Waals surface area contributed by atoms with Gasteiger partial charge in [0.05, 0.1) is 7.11 Å². The minimum atomic E-state index is -3.64. The van der Waals surface area contributed by atoms with Crippen LogP contribution in [0, 0.1) is 6.92 Å². The van der Waals surface area contributed by atoms with Crippen LogP contribution in [0.1, 0.15) is 12.0 Å². The second-order valence-corrected chi connectivity index (χ2v) is 7.58. The molecule has 3 rings (SSSR count). The Bertz CT molecular complexity index is 809. The Morgan fingerprint density at radius 1 is 1.29 bits per heavy atom.